The molecule has 0 aliphatic rings. The van der Waals surface area contributed by atoms with Crippen molar-refractivity contribution < 1.29 is 9.26 Å². The first kappa shape index (κ1) is 12.6. The molecule has 2 N–H and O–H groups in total. The smallest absolute Gasteiger partial charge is 0.230 e. The van der Waals surface area contributed by atoms with Crippen LogP contribution in [0.1, 0.15) is 17.3 Å². The molecule has 18 heavy (non-hydrogen) atoms. The van der Waals surface area contributed by atoms with Crippen LogP contribution in [0.15, 0.2) is 28.8 Å². The first-order valence-electron chi connectivity index (χ1n) is 5.99. The minimum absolute atomic E-state index is 0.522. The van der Waals surface area contributed by atoms with E-state index in [0.717, 1.165) is 5.75 Å². The van der Waals surface area contributed by atoms with Crippen molar-refractivity contribution in [2.24, 2.45) is 5.73 Å². The molecule has 0 radical (unpaired) electrons. The van der Waals surface area contributed by atoms with Gasteiger partial charge in [0, 0.05) is 6.42 Å². The molecule has 0 fully saturated rings. The Morgan fingerprint density at radius 3 is 3.00 bits per heavy atom. The van der Waals surface area contributed by atoms with E-state index in [1.807, 2.05) is 31.2 Å². The zero-order valence-electron chi connectivity index (χ0n) is 10.4. The van der Waals surface area contributed by atoms with Crippen LogP contribution < -0.4 is 10.5 Å². The van der Waals surface area contributed by atoms with E-state index in [1.54, 1.807) is 0 Å². The van der Waals surface area contributed by atoms with Gasteiger partial charge in [-0.2, -0.15) is 4.98 Å². The molecule has 2 rings (SSSR count). The van der Waals surface area contributed by atoms with Gasteiger partial charge in [0.25, 0.3) is 0 Å². The van der Waals surface area contributed by atoms with Gasteiger partial charge in [-0.3, -0.25) is 0 Å². The standard InChI is InChI=1S/C13H17N3O2/c1-10-3-2-4-11(9-10)17-8-6-13-15-12(5-7-14)16-18-13/h2-4,9H,5-8,14H2,1H3. The van der Waals surface area contributed by atoms with Crippen LogP contribution >= 0.6 is 0 Å². The third-order valence-corrected chi connectivity index (χ3v) is 2.45. The van der Waals surface area contributed by atoms with Gasteiger partial charge in [0.1, 0.15) is 5.75 Å². The summed E-state index contributed by atoms with van der Waals surface area (Å²) in [7, 11) is 0. The maximum Gasteiger partial charge on any atom is 0.230 e. The normalized spacial score (nSPS) is 10.6. The van der Waals surface area contributed by atoms with Crippen molar-refractivity contribution in [3.63, 3.8) is 0 Å². The molecule has 1 aromatic carbocycles. The van der Waals surface area contributed by atoms with Gasteiger partial charge in [0.05, 0.1) is 13.0 Å². The van der Waals surface area contributed by atoms with Crippen LogP contribution in [0.3, 0.4) is 0 Å². The van der Waals surface area contributed by atoms with E-state index in [2.05, 4.69) is 10.1 Å². The Labute approximate surface area is 106 Å². The van der Waals surface area contributed by atoms with Crippen molar-refractivity contribution in [1.29, 1.82) is 0 Å². The highest BCUT2D eigenvalue weighted by molar-refractivity contribution is 5.27. The quantitative estimate of drug-likeness (QED) is 0.837. The largest absolute Gasteiger partial charge is 0.493 e. The van der Waals surface area contributed by atoms with E-state index in [-0.39, 0.29) is 0 Å². The third kappa shape index (κ3) is 3.56. The number of ether oxygens (including phenoxy) is 1. The lowest BCUT2D eigenvalue weighted by molar-refractivity contribution is 0.291. The summed E-state index contributed by atoms with van der Waals surface area (Å²) < 4.78 is 10.7. The van der Waals surface area contributed by atoms with E-state index in [9.17, 15) is 0 Å². The predicted octanol–water partition coefficient (Wildman–Crippen LogP) is 1.50. The SMILES string of the molecule is Cc1cccc(OCCc2nc(CCN)no2)c1. The van der Waals surface area contributed by atoms with Crippen LogP contribution in [0.2, 0.25) is 0 Å². The number of benzene rings is 1. The molecule has 5 nitrogen and oxygen atoms in total. The molecule has 0 aliphatic heterocycles. The van der Waals surface area contributed by atoms with E-state index in [4.69, 9.17) is 15.0 Å². The van der Waals surface area contributed by atoms with Crippen LogP contribution in [0, 0.1) is 6.92 Å². The van der Waals surface area contributed by atoms with E-state index in [1.165, 1.54) is 5.56 Å². The summed E-state index contributed by atoms with van der Waals surface area (Å²) in [4.78, 5) is 4.21. The van der Waals surface area contributed by atoms with Crippen molar-refractivity contribution in [3.8, 4) is 5.75 Å². The molecular formula is C13H17N3O2. The molecule has 0 amide bonds. The minimum atomic E-state index is 0.522. The molecule has 0 aliphatic carbocycles. The van der Waals surface area contributed by atoms with Gasteiger partial charge in [-0.15, -0.1) is 0 Å². The summed E-state index contributed by atoms with van der Waals surface area (Å²) in [6.07, 6.45) is 1.24. The number of aryl methyl sites for hydroxylation is 1. The molecule has 0 spiro atoms. The van der Waals surface area contributed by atoms with Gasteiger partial charge in [0.2, 0.25) is 5.89 Å². The van der Waals surface area contributed by atoms with Crippen LogP contribution in [0.4, 0.5) is 0 Å². The van der Waals surface area contributed by atoms with Gasteiger partial charge in [-0.25, -0.2) is 0 Å². The summed E-state index contributed by atoms with van der Waals surface area (Å²) in [6, 6.07) is 7.93. The Morgan fingerprint density at radius 2 is 2.22 bits per heavy atom. The average Bonchev–Trinajstić information content (AvgIpc) is 2.78. The first-order chi connectivity index (χ1) is 8.78. The fourth-order valence-corrected chi connectivity index (χ4v) is 1.58. The van der Waals surface area contributed by atoms with E-state index < -0.39 is 0 Å². The Balaban J connectivity index is 1.81. The summed E-state index contributed by atoms with van der Waals surface area (Å²) in [5.41, 5.74) is 6.59. The molecule has 96 valence electrons. The molecule has 2 aromatic rings. The number of nitrogens with zero attached hydrogens (tertiary/aromatic N) is 2. The summed E-state index contributed by atoms with van der Waals surface area (Å²) in [5, 5.41) is 3.82. The number of rotatable bonds is 6. The highest BCUT2D eigenvalue weighted by Crippen LogP contribution is 2.12. The second-order valence-corrected chi connectivity index (χ2v) is 4.06. The Kier molecular flexibility index (Phi) is 4.30. The van der Waals surface area contributed by atoms with Crippen LogP contribution in [0.25, 0.3) is 0 Å². The molecule has 0 saturated heterocycles. The van der Waals surface area contributed by atoms with Gasteiger partial charge in [0.15, 0.2) is 5.82 Å². The summed E-state index contributed by atoms with van der Waals surface area (Å²) >= 11 is 0. The lowest BCUT2D eigenvalue weighted by Gasteiger charge is -2.04. The van der Waals surface area contributed by atoms with Gasteiger partial charge in [-0.05, 0) is 31.2 Å². The lowest BCUT2D eigenvalue weighted by Crippen LogP contribution is -2.05. The second kappa shape index (κ2) is 6.16. The predicted molar refractivity (Wildman–Crippen MR) is 67.4 cm³/mol. The maximum atomic E-state index is 5.61. The second-order valence-electron chi connectivity index (χ2n) is 4.06. The highest BCUT2D eigenvalue weighted by atomic mass is 16.5. The maximum absolute atomic E-state index is 5.61. The molecular weight excluding hydrogens is 230 g/mol. The molecule has 0 atom stereocenters. The monoisotopic (exact) mass is 247 g/mol. The van der Waals surface area contributed by atoms with Gasteiger partial charge >= 0.3 is 0 Å². The molecule has 0 unspecified atom stereocenters. The van der Waals surface area contributed by atoms with Crippen LogP contribution in [-0.4, -0.2) is 23.3 Å². The van der Waals surface area contributed by atoms with Crippen molar-refractivity contribution in [2.45, 2.75) is 19.8 Å². The van der Waals surface area contributed by atoms with Crippen molar-refractivity contribution in [3.05, 3.63) is 41.5 Å². The van der Waals surface area contributed by atoms with Gasteiger partial charge < -0.3 is 15.0 Å². The topological polar surface area (TPSA) is 74.2 Å². The number of hydrogen-bond acceptors (Lipinski definition) is 5. The number of hydrogen-bond donors (Lipinski definition) is 1. The molecule has 5 heteroatoms. The average molecular weight is 247 g/mol. The van der Waals surface area contributed by atoms with Crippen molar-refractivity contribution in [1.82, 2.24) is 10.1 Å². The highest BCUT2D eigenvalue weighted by Gasteiger charge is 2.05. The lowest BCUT2D eigenvalue weighted by atomic mass is 10.2. The molecule has 1 heterocycles. The minimum Gasteiger partial charge on any atom is -0.493 e. The zero-order valence-corrected chi connectivity index (χ0v) is 10.4. The number of aromatic nitrogens is 2. The zero-order chi connectivity index (χ0) is 12.8. The summed E-state index contributed by atoms with van der Waals surface area (Å²) in [5.74, 6) is 2.10. The summed E-state index contributed by atoms with van der Waals surface area (Å²) in [6.45, 7) is 3.08. The van der Waals surface area contributed by atoms with E-state index in [0.29, 0.717) is 37.7 Å². The van der Waals surface area contributed by atoms with Gasteiger partial charge in [-0.1, -0.05) is 17.3 Å². The first-order valence-corrected chi connectivity index (χ1v) is 5.99. The Morgan fingerprint density at radius 1 is 1.33 bits per heavy atom. The van der Waals surface area contributed by atoms with Crippen molar-refractivity contribution in [2.75, 3.05) is 13.2 Å². The fraction of sp³-hybridized carbons (Fsp3) is 0.385. The number of nitrogens with two attached hydrogens (primary N) is 1. The van der Waals surface area contributed by atoms with E-state index >= 15 is 0 Å². The molecule has 0 saturated carbocycles. The van der Waals surface area contributed by atoms with Crippen molar-refractivity contribution >= 4 is 0 Å². The Bertz CT molecular complexity index is 496. The fourth-order valence-electron chi connectivity index (χ4n) is 1.58. The molecule has 0 bridgehead atoms. The third-order valence-electron chi connectivity index (χ3n) is 2.45. The Hall–Kier alpha value is -1.88. The van der Waals surface area contributed by atoms with Crippen LogP contribution in [0.5, 0.6) is 5.75 Å². The molecule has 1 aromatic heterocycles. The van der Waals surface area contributed by atoms with Crippen LogP contribution in [-0.2, 0) is 12.8 Å².